The van der Waals surface area contributed by atoms with E-state index in [1.165, 1.54) is 0 Å². The summed E-state index contributed by atoms with van der Waals surface area (Å²) < 4.78 is 10.5. The highest BCUT2D eigenvalue weighted by molar-refractivity contribution is 5.94. The van der Waals surface area contributed by atoms with Crippen LogP contribution in [0.25, 0.3) is 0 Å². The van der Waals surface area contributed by atoms with Crippen molar-refractivity contribution >= 4 is 17.6 Å². The van der Waals surface area contributed by atoms with Crippen LogP contribution in [0.4, 0.5) is 5.69 Å². The fourth-order valence-corrected chi connectivity index (χ4v) is 2.99. The monoisotopic (exact) mass is 332 g/mol. The number of rotatable bonds is 6. The second-order valence-corrected chi connectivity index (χ2v) is 6.26. The van der Waals surface area contributed by atoms with Crippen molar-refractivity contribution in [3.63, 3.8) is 0 Å². The summed E-state index contributed by atoms with van der Waals surface area (Å²) in [5, 5.41) is 3.04. The van der Waals surface area contributed by atoms with Crippen LogP contribution in [0, 0.1) is 5.92 Å². The third-order valence-corrected chi connectivity index (χ3v) is 4.42. The Morgan fingerprint density at radius 2 is 2.17 bits per heavy atom. The van der Waals surface area contributed by atoms with Crippen molar-refractivity contribution in [3.05, 3.63) is 18.2 Å². The van der Waals surface area contributed by atoms with Crippen LogP contribution in [0.5, 0.6) is 11.5 Å². The molecule has 0 spiro atoms. The molecule has 2 fully saturated rings. The molecule has 1 heterocycles. The molecule has 1 saturated carbocycles. The number of aliphatic imine (C=N–C) groups is 1. The largest absolute Gasteiger partial charge is 0.497 e. The Bertz CT molecular complexity index is 643. The van der Waals surface area contributed by atoms with Crippen molar-refractivity contribution in [2.75, 3.05) is 32.6 Å². The van der Waals surface area contributed by atoms with Crippen LogP contribution in [0.15, 0.2) is 23.2 Å². The average molecular weight is 332 g/mol. The first-order valence-electron chi connectivity index (χ1n) is 8.19. The summed E-state index contributed by atoms with van der Waals surface area (Å²) in [6, 6.07) is 5.89. The highest BCUT2D eigenvalue weighted by atomic mass is 16.5. The Labute approximate surface area is 141 Å². The van der Waals surface area contributed by atoms with Crippen molar-refractivity contribution in [3.8, 4) is 11.5 Å². The van der Waals surface area contributed by atoms with Gasteiger partial charge < -0.3 is 25.4 Å². The number of carbonyl (C=O) groups is 1. The van der Waals surface area contributed by atoms with Gasteiger partial charge >= 0.3 is 0 Å². The average Bonchev–Trinajstić information content (AvgIpc) is 3.35. The second kappa shape index (κ2) is 6.98. The molecule has 0 aromatic heterocycles. The Hall–Kier alpha value is -2.44. The fourth-order valence-electron chi connectivity index (χ4n) is 2.99. The van der Waals surface area contributed by atoms with Crippen LogP contribution in [0.2, 0.25) is 0 Å². The third-order valence-electron chi connectivity index (χ3n) is 4.42. The number of amides is 1. The van der Waals surface area contributed by atoms with E-state index in [1.54, 1.807) is 26.4 Å². The molecule has 0 bridgehead atoms. The molecule has 1 amide bonds. The maximum Gasteiger partial charge on any atom is 0.223 e. The lowest BCUT2D eigenvalue weighted by Crippen LogP contribution is -2.28. The molecule has 1 aromatic rings. The molecule has 130 valence electrons. The minimum atomic E-state index is 0.241. The molecule has 1 unspecified atom stereocenters. The van der Waals surface area contributed by atoms with Gasteiger partial charge in [0, 0.05) is 37.5 Å². The molecule has 0 radical (unpaired) electrons. The number of ether oxygens (including phenoxy) is 2. The van der Waals surface area contributed by atoms with E-state index >= 15 is 0 Å². The van der Waals surface area contributed by atoms with Crippen LogP contribution in [0.3, 0.4) is 0 Å². The quantitative estimate of drug-likeness (QED) is 0.608. The molecular formula is C17H24N4O3. The molecule has 3 N–H and O–H groups in total. The number of hydrogen-bond acceptors (Lipinski definition) is 4. The van der Waals surface area contributed by atoms with E-state index in [-0.39, 0.29) is 11.8 Å². The molecule has 7 heteroatoms. The van der Waals surface area contributed by atoms with Gasteiger partial charge in [0.05, 0.1) is 19.9 Å². The number of guanidine groups is 1. The zero-order valence-electron chi connectivity index (χ0n) is 14.1. The summed E-state index contributed by atoms with van der Waals surface area (Å²) in [6.07, 6.45) is 2.85. The number of anilines is 1. The number of nitrogens with two attached hydrogens (primary N) is 1. The lowest BCUT2D eigenvalue weighted by Gasteiger charge is -2.15. The van der Waals surface area contributed by atoms with E-state index in [0.717, 1.165) is 19.4 Å². The maximum atomic E-state index is 12.0. The van der Waals surface area contributed by atoms with Crippen molar-refractivity contribution in [2.24, 2.45) is 16.6 Å². The van der Waals surface area contributed by atoms with E-state index in [1.807, 2.05) is 11.0 Å². The van der Waals surface area contributed by atoms with Crippen molar-refractivity contribution in [1.82, 2.24) is 4.90 Å². The highest BCUT2D eigenvalue weighted by Crippen LogP contribution is 2.32. The van der Waals surface area contributed by atoms with E-state index in [0.29, 0.717) is 42.2 Å². The Morgan fingerprint density at radius 3 is 2.83 bits per heavy atom. The number of likely N-dealkylation sites (tertiary alicyclic amines) is 1. The summed E-state index contributed by atoms with van der Waals surface area (Å²) in [5.41, 5.74) is 6.68. The minimum Gasteiger partial charge on any atom is -0.497 e. The first-order valence-corrected chi connectivity index (χ1v) is 8.19. The Morgan fingerprint density at radius 1 is 1.38 bits per heavy atom. The Kier molecular flexibility index (Phi) is 4.78. The van der Waals surface area contributed by atoms with Gasteiger partial charge in [0.1, 0.15) is 11.5 Å². The first-order chi connectivity index (χ1) is 11.6. The SMILES string of the molecule is COc1ccc(OC)c(NC(N)=NCC2CC(=O)N(C3CC3)C2)c1. The van der Waals surface area contributed by atoms with Crippen LogP contribution in [-0.4, -0.2) is 50.1 Å². The topological polar surface area (TPSA) is 89.2 Å². The van der Waals surface area contributed by atoms with E-state index in [9.17, 15) is 4.79 Å². The summed E-state index contributed by atoms with van der Waals surface area (Å²) in [5.74, 6) is 2.15. The predicted molar refractivity (Wildman–Crippen MR) is 92.5 cm³/mol. The van der Waals surface area contributed by atoms with E-state index in [2.05, 4.69) is 10.3 Å². The fraction of sp³-hybridized carbons (Fsp3) is 0.529. The lowest BCUT2D eigenvalue weighted by atomic mass is 10.1. The number of nitrogens with one attached hydrogen (secondary N) is 1. The van der Waals surface area contributed by atoms with Gasteiger partial charge in [-0.2, -0.15) is 0 Å². The molecule has 1 saturated heterocycles. The molecule has 1 aliphatic heterocycles. The maximum absolute atomic E-state index is 12.0. The van der Waals surface area contributed by atoms with Crippen molar-refractivity contribution < 1.29 is 14.3 Å². The van der Waals surface area contributed by atoms with Crippen LogP contribution >= 0.6 is 0 Å². The van der Waals surface area contributed by atoms with Gasteiger partial charge in [-0.15, -0.1) is 0 Å². The third kappa shape index (κ3) is 3.72. The van der Waals surface area contributed by atoms with Crippen LogP contribution in [0.1, 0.15) is 19.3 Å². The van der Waals surface area contributed by atoms with E-state index in [4.69, 9.17) is 15.2 Å². The van der Waals surface area contributed by atoms with Gasteiger partial charge in [-0.3, -0.25) is 9.79 Å². The summed E-state index contributed by atoms with van der Waals surface area (Å²) >= 11 is 0. The first kappa shape index (κ1) is 16.4. The normalized spacial score (nSPS) is 21.1. The van der Waals surface area contributed by atoms with Gasteiger partial charge in [0.15, 0.2) is 5.96 Å². The number of nitrogens with zero attached hydrogens (tertiary/aromatic N) is 2. The number of carbonyl (C=O) groups excluding carboxylic acids is 1. The minimum absolute atomic E-state index is 0.241. The smallest absolute Gasteiger partial charge is 0.223 e. The molecule has 1 aromatic carbocycles. The van der Waals surface area contributed by atoms with Crippen molar-refractivity contribution in [2.45, 2.75) is 25.3 Å². The highest BCUT2D eigenvalue weighted by Gasteiger charge is 2.39. The summed E-state index contributed by atoms with van der Waals surface area (Å²) in [6.45, 7) is 1.34. The van der Waals surface area contributed by atoms with Gasteiger partial charge in [0.2, 0.25) is 5.91 Å². The Balaban J connectivity index is 1.59. The molecular weight excluding hydrogens is 308 g/mol. The van der Waals surface area contributed by atoms with Crippen LogP contribution in [-0.2, 0) is 4.79 Å². The van der Waals surface area contributed by atoms with Crippen molar-refractivity contribution in [1.29, 1.82) is 0 Å². The predicted octanol–water partition coefficient (Wildman–Crippen LogP) is 1.44. The zero-order valence-corrected chi connectivity index (χ0v) is 14.1. The molecule has 7 nitrogen and oxygen atoms in total. The molecule has 2 aliphatic rings. The van der Waals surface area contributed by atoms with Gasteiger partial charge in [-0.1, -0.05) is 0 Å². The molecule has 1 atom stereocenters. The number of benzene rings is 1. The molecule has 1 aliphatic carbocycles. The lowest BCUT2D eigenvalue weighted by molar-refractivity contribution is -0.128. The standard InChI is InChI=1S/C17H24N4O3/c1-23-13-5-6-15(24-2)14(8-13)20-17(18)19-9-11-7-16(22)21(10-11)12-3-4-12/h5-6,8,11-12H,3-4,7,9-10H2,1-2H3,(H3,18,19,20). The number of methoxy groups -OCH3 is 2. The van der Waals surface area contributed by atoms with Crippen LogP contribution < -0.4 is 20.5 Å². The van der Waals surface area contributed by atoms with E-state index < -0.39 is 0 Å². The van der Waals surface area contributed by atoms with Gasteiger partial charge in [0.25, 0.3) is 0 Å². The second-order valence-electron chi connectivity index (χ2n) is 6.26. The van der Waals surface area contributed by atoms with Gasteiger partial charge in [-0.25, -0.2) is 0 Å². The number of hydrogen-bond donors (Lipinski definition) is 2. The van der Waals surface area contributed by atoms with Gasteiger partial charge in [-0.05, 0) is 25.0 Å². The molecule has 3 rings (SSSR count). The zero-order chi connectivity index (χ0) is 17.1. The summed E-state index contributed by atoms with van der Waals surface area (Å²) in [4.78, 5) is 18.3. The molecule has 24 heavy (non-hydrogen) atoms. The summed E-state index contributed by atoms with van der Waals surface area (Å²) in [7, 11) is 3.20.